The van der Waals surface area contributed by atoms with E-state index in [9.17, 15) is 4.79 Å². The number of ether oxygens (including phenoxy) is 2. The van der Waals surface area contributed by atoms with Crippen LogP contribution in [0.1, 0.15) is 9.67 Å². The van der Waals surface area contributed by atoms with Crippen molar-refractivity contribution in [1.29, 1.82) is 0 Å². The van der Waals surface area contributed by atoms with Gasteiger partial charge in [0, 0.05) is 12.1 Å². The molecule has 1 amide bonds. The van der Waals surface area contributed by atoms with Gasteiger partial charge in [0.15, 0.2) is 11.5 Å². The Morgan fingerprint density at radius 1 is 1.15 bits per heavy atom. The molecule has 4 nitrogen and oxygen atoms in total. The van der Waals surface area contributed by atoms with E-state index < -0.39 is 0 Å². The molecule has 0 unspecified atom stereocenters. The number of nitrogens with one attached hydrogen (secondary N) is 1. The maximum absolute atomic E-state index is 12.1. The minimum Gasteiger partial charge on any atom is -0.486 e. The van der Waals surface area contributed by atoms with Crippen molar-refractivity contribution >= 4 is 46.1 Å². The molecule has 0 aliphatic carbocycles. The van der Waals surface area contributed by atoms with E-state index in [1.807, 2.05) is 0 Å². The first-order valence-corrected chi connectivity index (χ1v) is 7.36. The van der Waals surface area contributed by atoms with Crippen LogP contribution in [-0.4, -0.2) is 19.1 Å². The SMILES string of the molecule is O=C(Nc1cc2c(cc1Cl)OCCO2)c1ccc(Cl)s1. The Kier molecular flexibility index (Phi) is 3.74. The molecule has 1 aliphatic heterocycles. The summed E-state index contributed by atoms with van der Waals surface area (Å²) < 4.78 is 11.4. The van der Waals surface area contributed by atoms with Gasteiger partial charge in [0.2, 0.25) is 0 Å². The Balaban J connectivity index is 1.85. The molecular formula is C13H9Cl2NO3S. The van der Waals surface area contributed by atoms with Crippen LogP contribution >= 0.6 is 34.5 Å². The molecule has 7 heteroatoms. The van der Waals surface area contributed by atoms with Crippen LogP contribution in [0.2, 0.25) is 9.36 Å². The molecule has 0 atom stereocenters. The minimum atomic E-state index is -0.263. The Bertz CT molecular complexity index is 672. The van der Waals surface area contributed by atoms with Gasteiger partial charge >= 0.3 is 0 Å². The summed E-state index contributed by atoms with van der Waals surface area (Å²) in [6, 6.07) is 6.62. The fraction of sp³-hybridized carbons (Fsp3) is 0.154. The van der Waals surface area contributed by atoms with Gasteiger partial charge < -0.3 is 14.8 Å². The number of rotatable bonds is 2. The van der Waals surface area contributed by atoms with Crippen molar-refractivity contribution in [3.8, 4) is 11.5 Å². The number of halogens is 2. The lowest BCUT2D eigenvalue weighted by molar-refractivity contribution is 0.103. The molecule has 1 aliphatic rings. The van der Waals surface area contributed by atoms with E-state index in [-0.39, 0.29) is 5.91 Å². The van der Waals surface area contributed by atoms with Crippen LogP contribution < -0.4 is 14.8 Å². The van der Waals surface area contributed by atoms with Gasteiger partial charge in [-0.3, -0.25) is 4.79 Å². The predicted octanol–water partition coefficient (Wildman–Crippen LogP) is 4.08. The predicted molar refractivity (Wildman–Crippen MR) is 79.7 cm³/mol. The molecule has 0 spiro atoms. The summed E-state index contributed by atoms with van der Waals surface area (Å²) in [6.07, 6.45) is 0. The first-order chi connectivity index (χ1) is 9.63. The van der Waals surface area contributed by atoms with Gasteiger partial charge in [-0.25, -0.2) is 0 Å². The lowest BCUT2D eigenvalue weighted by atomic mass is 10.2. The number of fused-ring (bicyclic) bond motifs is 1. The van der Waals surface area contributed by atoms with E-state index in [1.165, 1.54) is 11.3 Å². The molecular weight excluding hydrogens is 321 g/mol. The molecule has 0 saturated heterocycles. The Labute approximate surface area is 129 Å². The molecule has 1 aromatic heterocycles. The normalized spacial score (nSPS) is 13.1. The number of carbonyl (C=O) groups is 1. The van der Waals surface area contributed by atoms with Gasteiger partial charge in [-0.15, -0.1) is 11.3 Å². The molecule has 104 valence electrons. The van der Waals surface area contributed by atoms with Gasteiger partial charge in [-0.1, -0.05) is 23.2 Å². The number of thiophene rings is 1. The number of anilines is 1. The Morgan fingerprint density at radius 3 is 2.50 bits per heavy atom. The summed E-state index contributed by atoms with van der Waals surface area (Å²) in [4.78, 5) is 12.6. The molecule has 3 rings (SSSR count). The van der Waals surface area contributed by atoms with Crippen LogP contribution in [0.4, 0.5) is 5.69 Å². The smallest absolute Gasteiger partial charge is 0.265 e. The fourth-order valence-electron chi connectivity index (χ4n) is 1.78. The largest absolute Gasteiger partial charge is 0.486 e. The van der Waals surface area contributed by atoms with E-state index in [0.29, 0.717) is 44.6 Å². The van der Waals surface area contributed by atoms with Crippen molar-refractivity contribution in [3.05, 3.63) is 38.5 Å². The van der Waals surface area contributed by atoms with Crippen molar-refractivity contribution in [3.63, 3.8) is 0 Å². The zero-order valence-electron chi connectivity index (χ0n) is 10.1. The van der Waals surface area contributed by atoms with Crippen LogP contribution in [0.3, 0.4) is 0 Å². The number of hydrogen-bond donors (Lipinski definition) is 1. The molecule has 1 aromatic carbocycles. The quantitative estimate of drug-likeness (QED) is 0.903. The molecule has 0 bridgehead atoms. The van der Waals surface area contributed by atoms with E-state index in [1.54, 1.807) is 24.3 Å². The van der Waals surface area contributed by atoms with Gasteiger partial charge in [-0.05, 0) is 12.1 Å². The molecule has 0 saturated carbocycles. The van der Waals surface area contributed by atoms with E-state index >= 15 is 0 Å². The summed E-state index contributed by atoms with van der Waals surface area (Å²) in [7, 11) is 0. The summed E-state index contributed by atoms with van der Waals surface area (Å²) in [5, 5.41) is 3.13. The standard InChI is InChI=1S/C13H9Cl2NO3S/c14-7-5-9-10(19-4-3-18-9)6-8(7)16-13(17)11-1-2-12(15)20-11/h1-2,5-6H,3-4H2,(H,16,17). The first-order valence-electron chi connectivity index (χ1n) is 5.79. The zero-order chi connectivity index (χ0) is 14.1. The maximum atomic E-state index is 12.1. The Hall–Kier alpha value is -1.43. The lowest BCUT2D eigenvalue weighted by Gasteiger charge is -2.19. The van der Waals surface area contributed by atoms with Crippen molar-refractivity contribution in [2.24, 2.45) is 0 Å². The van der Waals surface area contributed by atoms with Crippen LogP contribution in [0.5, 0.6) is 11.5 Å². The first kappa shape index (κ1) is 13.5. The van der Waals surface area contributed by atoms with Crippen molar-refractivity contribution < 1.29 is 14.3 Å². The van der Waals surface area contributed by atoms with Gasteiger partial charge in [-0.2, -0.15) is 0 Å². The molecule has 1 N–H and O–H groups in total. The van der Waals surface area contributed by atoms with E-state index in [4.69, 9.17) is 32.7 Å². The van der Waals surface area contributed by atoms with Crippen molar-refractivity contribution in [1.82, 2.24) is 0 Å². The summed E-state index contributed by atoms with van der Waals surface area (Å²) in [6.45, 7) is 0.964. The van der Waals surface area contributed by atoms with E-state index in [2.05, 4.69) is 5.32 Å². The zero-order valence-corrected chi connectivity index (χ0v) is 12.4. The second-order valence-corrected chi connectivity index (χ2v) is 6.16. The van der Waals surface area contributed by atoms with Crippen LogP contribution in [0.15, 0.2) is 24.3 Å². The molecule has 2 heterocycles. The highest BCUT2D eigenvalue weighted by atomic mass is 35.5. The summed E-state index contributed by atoms with van der Waals surface area (Å²) in [5.74, 6) is 0.888. The highest BCUT2D eigenvalue weighted by Gasteiger charge is 2.17. The van der Waals surface area contributed by atoms with Gasteiger partial charge in [0.05, 0.1) is 19.9 Å². The summed E-state index contributed by atoms with van der Waals surface area (Å²) >= 11 is 13.1. The van der Waals surface area contributed by atoms with Crippen LogP contribution in [0, 0.1) is 0 Å². The number of carbonyl (C=O) groups excluding carboxylic acids is 1. The number of benzene rings is 1. The Morgan fingerprint density at radius 2 is 1.85 bits per heavy atom. The van der Waals surface area contributed by atoms with E-state index in [0.717, 1.165) is 0 Å². The monoisotopic (exact) mass is 329 g/mol. The average Bonchev–Trinajstić information content (AvgIpc) is 2.86. The molecule has 20 heavy (non-hydrogen) atoms. The van der Waals surface area contributed by atoms with Crippen LogP contribution in [0.25, 0.3) is 0 Å². The maximum Gasteiger partial charge on any atom is 0.265 e. The highest BCUT2D eigenvalue weighted by molar-refractivity contribution is 7.18. The third kappa shape index (κ3) is 2.70. The van der Waals surface area contributed by atoms with Crippen LogP contribution in [-0.2, 0) is 0 Å². The number of amides is 1. The molecule has 0 fully saturated rings. The second kappa shape index (κ2) is 5.52. The third-order valence-electron chi connectivity index (χ3n) is 2.68. The topological polar surface area (TPSA) is 47.6 Å². The van der Waals surface area contributed by atoms with Crippen molar-refractivity contribution in [2.45, 2.75) is 0 Å². The van der Waals surface area contributed by atoms with Gasteiger partial charge in [0.25, 0.3) is 5.91 Å². The third-order valence-corrected chi connectivity index (χ3v) is 4.22. The highest BCUT2D eigenvalue weighted by Crippen LogP contribution is 2.38. The lowest BCUT2D eigenvalue weighted by Crippen LogP contribution is -2.16. The summed E-state index contributed by atoms with van der Waals surface area (Å²) in [5.41, 5.74) is 0.477. The van der Waals surface area contributed by atoms with Gasteiger partial charge in [0.1, 0.15) is 13.2 Å². The molecule has 0 radical (unpaired) electrons. The number of hydrogen-bond acceptors (Lipinski definition) is 4. The molecule has 2 aromatic rings. The van der Waals surface area contributed by atoms with Crippen molar-refractivity contribution in [2.75, 3.05) is 18.5 Å². The minimum absolute atomic E-state index is 0.263. The average molecular weight is 330 g/mol. The second-order valence-electron chi connectivity index (χ2n) is 4.03. The fourth-order valence-corrected chi connectivity index (χ4v) is 2.92.